The molecule has 1 aromatic rings. The molecular formula is C30H40F3NO8S. The standard InChI is InChI=1S/C28H39NO6S.C2HF3O2/c1-14-11-15(2)28-18(12-21(33-5)27(32)34-25(14)17(4)30)8-9-20-22(28)24(31)16(3)23(26(20)35-28)29-13-19-7-6-10-36-19;3-2(4,5)1(6)7/h6-11,14,16-18,20-26,29-31H,12-13H2,1-5H3;(H,6,7)/b15-11+;/t14?,16?,17?,18-,20-,21+,22+,23?,24?,25+,26?,28?;/m1./s1. The molecule has 0 aromatic carbocycles. The number of carbonyl (C=O) groups is 2. The Morgan fingerprint density at radius 2 is 1.98 bits per heavy atom. The largest absolute Gasteiger partial charge is 0.490 e. The number of cyclic esters (lactones) is 1. The fourth-order valence-electron chi connectivity index (χ4n) is 7.30. The lowest BCUT2D eigenvalue weighted by Gasteiger charge is -2.49. The summed E-state index contributed by atoms with van der Waals surface area (Å²) in [4.78, 5) is 23.2. The van der Waals surface area contributed by atoms with Gasteiger partial charge >= 0.3 is 18.1 Å². The molecule has 0 radical (unpaired) electrons. The molecule has 2 aliphatic heterocycles. The van der Waals surface area contributed by atoms with Crippen molar-refractivity contribution in [3.05, 3.63) is 46.2 Å². The van der Waals surface area contributed by atoms with Gasteiger partial charge in [-0.05, 0) is 37.3 Å². The Balaban J connectivity index is 0.000000541. The van der Waals surface area contributed by atoms with E-state index in [1.54, 1.807) is 18.3 Å². The molecule has 7 unspecified atom stereocenters. The highest BCUT2D eigenvalue weighted by molar-refractivity contribution is 7.09. The Bertz CT molecular complexity index is 1200. The van der Waals surface area contributed by atoms with Gasteiger partial charge in [0, 0.05) is 54.2 Å². The molecule has 4 aliphatic rings. The fraction of sp³-hybridized carbons (Fsp3) is 0.667. The summed E-state index contributed by atoms with van der Waals surface area (Å²) in [6.07, 6.45) is -1.28. The van der Waals surface area contributed by atoms with Crippen molar-refractivity contribution in [2.45, 2.75) is 89.0 Å². The maximum Gasteiger partial charge on any atom is 0.490 e. The van der Waals surface area contributed by atoms with Gasteiger partial charge in [0.05, 0.1) is 18.3 Å². The van der Waals surface area contributed by atoms with Crippen molar-refractivity contribution in [3.63, 3.8) is 0 Å². The highest BCUT2D eigenvalue weighted by Crippen LogP contribution is 2.60. The molecular weight excluding hydrogens is 591 g/mol. The van der Waals surface area contributed by atoms with Crippen molar-refractivity contribution in [1.29, 1.82) is 0 Å². The van der Waals surface area contributed by atoms with Gasteiger partial charge in [-0.2, -0.15) is 13.2 Å². The van der Waals surface area contributed by atoms with Crippen molar-refractivity contribution in [1.82, 2.24) is 5.32 Å². The van der Waals surface area contributed by atoms with Crippen LogP contribution < -0.4 is 5.32 Å². The van der Waals surface area contributed by atoms with Crippen molar-refractivity contribution in [2.75, 3.05) is 7.11 Å². The first-order chi connectivity index (χ1) is 20.1. The lowest BCUT2D eigenvalue weighted by molar-refractivity contribution is -0.192. The molecule has 9 nitrogen and oxygen atoms in total. The highest BCUT2D eigenvalue weighted by Gasteiger charge is 2.68. The predicted molar refractivity (Wildman–Crippen MR) is 151 cm³/mol. The molecule has 4 N–H and O–H groups in total. The molecule has 1 spiro atoms. The Hall–Kier alpha value is -2.29. The van der Waals surface area contributed by atoms with E-state index in [-0.39, 0.29) is 41.7 Å². The number of alkyl halides is 3. The third-order valence-corrected chi connectivity index (χ3v) is 10.2. The van der Waals surface area contributed by atoms with E-state index in [0.29, 0.717) is 6.42 Å². The summed E-state index contributed by atoms with van der Waals surface area (Å²) >= 11 is 1.72. The van der Waals surface area contributed by atoms with Crippen LogP contribution in [0.3, 0.4) is 0 Å². The zero-order valence-corrected chi connectivity index (χ0v) is 25.5. The number of aliphatic hydroxyl groups excluding tert-OH is 2. The van der Waals surface area contributed by atoms with Gasteiger partial charge in [0.2, 0.25) is 0 Å². The number of aliphatic hydroxyl groups is 2. The zero-order valence-electron chi connectivity index (χ0n) is 24.7. The van der Waals surface area contributed by atoms with Crippen LogP contribution in [0.15, 0.2) is 41.3 Å². The van der Waals surface area contributed by atoms with Crippen molar-refractivity contribution >= 4 is 23.3 Å². The minimum Gasteiger partial charge on any atom is -0.475 e. The number of carbonyl (C=O) groups excluding carboxylic acids is 1. The third kappa shape index (κ3) is 6.43. The number of ether oxygens (including phenoxy) is 3. The third-order valence-electron chi connectivity index (χ3n) is 9.29. The van der Waals surface area contributed by atoms with E-state index < -0.39 is 48.1 Å². The van der Waals surface area contributed by atoms with E-state index in [1.807, 2.05) is 6.92 Å². The molecule has 240 valence electrons. The molecule has 1 saturated carbocycles. The van der Waals surface area contributed by atoms with Crippen LogP contribution in [0.5, 0.6) is 0 Å². The number of halogens is 3. The van der Waals surface area contributed by atoms with Crippen LogP contribution in [-0.2, 0) is 30.3 Å². The summed E-state index contributed by atoms with van der Waals surface area (Å²) in [6.45, 7) is 8.49. The average molecular weight is 632 g/mol. The number of rotatable bonds is 5. The fourth-order valence-corrected chi connectivity index (χ4v) is 7.96. The minimum absolute atomic E-state index is 0.00299. The average Bonchev–Trinajstić information content (AvgIpc) is 3.51. The van der Waals surface area contributed by atoms with E-state index >= 15 is 0 Å². The summed E-state index contributed by atoms with van der Waals surface area (Å²) in [5, 5.41) is 35.1. The van der Waals surface area contributed by atoms with Crippen LogP contribution >= 0.6 is 11.3 Å². The number of nitrogens with one attached hydrogen (secondary N) is 1. The predicted octanol–water partition coefficient (Wildman–Crippen LogP) is 3.70. The molecule has 12 atom stereocenters. The Morgan fingerprint density at radius 1 is 1.30 bits per heavy atom. The molecule has 2 aliphatic carbocycles. The van der Waals surface area contributed by atoms with Crippen molar-refractivity contribution in [3.8, 4) is 0 Å². The van der Waals surface area contributed by atoms with E-state index in [0.717, 1.165) is 12.1 Å². The van der Waals surface area contributed by atoms with E-state index in [9.17, 15) is 28.2 Å². The van der Waals surface area contributed by atoms with Crippen LogP contribution in [0, 0.1) is 29.6 Å². The van der Waals surface area contributed by atoms with Gasteiger partial charge < -0.3 is 34.8 Å². The first kappa shape index (κ1) is 33.6. The number of hydrogen-bond acceptors (Lipinski definition) is 9. The van der Waals surface area contributed by atoms with Gasteiger partial charge in [0.25, 0.3) is 0 Å². The molecule has 2 fully saturated rings. The zero-order chi connectivity index (χ0) is 31.9. The number of carboxylic acid groups (broad SMARTS) is 1. The van der Waals surface area contributed by atoms with E-state index in [4.69, 9.17) is 24.1 Å². The number of hydrogen-bond donors (Lipinski definition) is 4. The summed E-state index contributed by atoms with van der Waals surface area (Å²) in [7, 11) is 1.51. The van der Waals surface area contributed by atoms with Crippen LogP contribution in [-0.4, -0.2) is 82.7 Å². The Kier molecular flexibility index (Phi) is 10.1. The number of methoxy groups -OCH3 is 1. The molecule has 1 saturated heterocycles. The first-order valence-electron chi connectivity index (χ1n) is 14.3. The Morgan fingerprint density at radius 3 is 2.53 bits per heavy atom. The van der Waals surface area contributed by atoms with Gasteiger partial charge in [-0.1, -0.05) is 38.1 Å². The Labute approximate surface area is 252 Å². The highest BCUT2D eigenvalue weighted by atomic mass is 32.1. The summed E-state index contributed by atoms with van der Waals surface area (Å²) < 4.78 is 50.2. The lowest BCUT2D eigenvalue weighted by atomic mass is 9.57. The number of thiophene rings is 1. The molecule has 3 heterocycles. The van der Waals surface area contributed by atoms with Crippen LogP contribution in [0.1, 0.15) is 39.0 Å². The van der Waals surface area contributed by atoms with Gasteiger partial charge in [0.15, 0.2) is 6.10 Å². The molecule has 4 bridgehead atoms. The lowest BCUT2D eigenvalue weighted by Crippen LogP contribution is -2.59. The number of esters is 1. The maximum absolute atomic E-state index is 13.1. The smallest absolute Gasteiger partial charge is 0.475 e. The quantitative estimate of drug-likeness (QED) is 0.284. The summed E-state index contributed by atoms with van der Waals surface area (Å²) in [5.74, 6) is -3.70. The topological polar surface area (TPSA) is 135 Å². The maximum atomic E-state index is 13.1. The second-order valence-corrected chi connectivity index (χ2v) is 13.0. The SMILES string of the molecule is CO[C@H]1C[C@H]2C=C[C@H]3C4OC2(/C(C)=C/C(C)[C@@H](C(C)O)OC1=O)[C@@H]3C(O)C(C)C4NCc1cccs1.O=C(O)C(F)(F)F. The minimum atomic E-state index is -5.08. The monoisotopic (exact) mass is 631 g/mol. The summed E-state index contributed by atoms with van der Waals surface area (Å²) in [6, 6.07) is 4.15. The van der Waals surface area contributed by atoms with Crippen LogP contribution in [0.4, 0.5) is 13.2 Å². The van der Waals surface area contributed by atoms with Crippen molar-refractivity contribution in [2.24, 2.45) is 29.6 Å². The van der Waals surface area contributed by atoms with E-state index in [2.05, 4.69) is 54.9 Å². The second kappa shape index (κ2) is 13.0. The summed E-state index contributed by atoms with van der Waals surface area (Å²) in [5.41, 5.74) is 0.258. The van der Waals surface area contributed by atoms with Gasteiger partial charge in [-0.3, -0.25) is 0 Å². The molecule has 13 heteroatoms. The normalized spacial score (nSPS) is 40.7. The molecule has 5 rings (SSSR count). The van der Waals surface area contributed by atoms with E-state index in [1.165, 1.54) is 12.0 Å². The van der Waals surface area contributed by atoms with Gasteiger partial charge in [-0.15, -0.1) is 11.3 Å². The second-order valence-electron chi connectivity index (χ2n) is 11.9. The molecule has 1 aromatic heterocycles. The number of carboxylic acids is 1. The molecule has 43 heavy (non-hydrogen) atoms. The molecule has 0 amide bonds. The van der Waals surface area contributed by atoms with Crippen molar-refractivity contribution < 1.29 is 52.3 Å². The van der Waals surface area contributed by atoms with Gasteiger partial charge in [-0.25, -0.2) is 9.59 Å². The number of aliphatic carboxylic acids is 1. The van der Waals surface area contributed by atoms with Crippen LogP contribution in [0.2, 0.25) is 0 Å². The van der Waals surface area contributed by atoms with Crippen LogP contribution in [0.25, 0.3) is 0 Å². The first-order valence-corrected chi connectivity index (χ1v) is 15.2. The van der Waals surface area contributed by atoms with Gasteiger partial charge in [0.1, 0.15) is 11.7 Å².